The van der Waals surface area contributed by atoms with E-state index >= 15 is 0 Å². The van der Waals surface area contributed by atoms with Crippen LogP contribution < -0.4 is 25.3 Å². The summed E-state index contributed by atoms with van der Waals surface area (Å²) >= 11 is 0. The fraction of sp³-hybridized carbons (Fsp3) is 0.429. The van der Waals surface area contributed by atoms with E-state index in [4.69, 9.17) is 24.7 Å². The van der Waals surface area contributed by atoms with Crippen LogP contribution >= 0.6 is 12.4 Å². The summed E-state index contributed by atoms with van der Waals surface area (Å²) in [7, 11) is 0. The number of amides is 4. The van der Waals surface area contributed by atoms with Crippen molar-refractivity contribution in [1.82, 2.24) is 9.80 Å². The van der Waals surface area contributed by atoms with Crippen LogP contribution in [0, 0.1) is 11.6 Å². The van der Waals surface area contributed by atoms with Crippen molar-refractivity contribution in [2.75, 3.05) is 105 Å². The zero-order chi connectivity index (χ0) is 46.4. The highest BCUT2D eigenvalue weighted by molar-refractivity contribution is 5.91. The van der Waals surface area contributed by atoms with E-state index in [1.165, 1.54) is 21.9 Å². The molecule has 0 unspecified atom stereocenters. The smallest absolute Gasteiger partial charge is 0.414 e. The lowest BCUT2D eigenvalue weighted by Crippen LogP contribution is -2.49. The first-order valence-electron chi connectivity index (χ1n) is 22.6. The third kappa shape index (κ3) is 13.6. The van der Waals surface area contributed by atoms with Gasteiger partial charge in [0.2, 0.25) is 11.8 Å². The van der Waals surface area contributed by atoms with Crippen LogP contribution in [0.1, 0.15) is 37.3 Å². The first kappa shape index (κ1) is 50.4. The summed E-state index contributed by atoms with van der Waals surface area (Å²) in [5, 5.41) is 0. The summed E-state index contributed by atoms with van der Waals surface area (Å²) in [6, 6.07) is 29.3. The monoisotopic (exact) mass is 947 g/mol. The minimum absolute atomic E-state index is 0. The highest BCUT2D eigenvalue weighted by atomic mass is 35.5. The maximum absolute atomic E-state index is 14.9. The van der Waals surface area contributed by atoms with Crippen molar-refractivity contribution < 1.29 is 46.9 Å². The van der Waals surface area contributed by atoms with E-state index < -0.39 is 18.0 Å². The van der Waals surface area contributed by atoms with Gasteiger partial charge in [-0.25, -0.2) is 18.4 Å². The number of carbonyl (C=O) groups is 4. The number of nitrogens with two attached hydrogens (primary N) is 1. The maximum atomic E-state index is 14.9. The van der Waals surface area contributed by atoms with Gasteiger partial charge in [-0.2, -0.15) is 0 Å². The number of carbonyl (C=O) groups excluding carboxylic acids is 4. The van der Waals surface area contributed by atoms with E-state index in [1.54, 1.807) is 34.1 Å². The lowest BCUT2D eigenvalue weighted by molar-refractivity contribution is -0.133. The van der Waals surface area contributed by atoms with Gasteiger partial charge in [0, 0.05) is 58.9 Å². The standard InChI is InChI=1S/C25H30FN3O4.C24H29FN4O4.ClH/c1-2-21-17-29(25(31)33-21)20-8-9-23(22(26)16-20)27-11-13-28(14-12-27)24(30)10-15-32-18-19-6-4-3-5-7-19;25-21-14-19(29-16-20(15-26)33-24(29)31)6-7-22(21)27-9-11-28(12-10-27)23(30)8-13-32-17-18-4-2-1-3-5-18;/h3-9,16,21H,2,10-15,17-18H2,1H3;1-7,14,20H,8-13,15-17,26H2;1H/t21-;20-;/m00./s1. The zero-order valence-corrected chi connectivity index (χ0v) is 38.6. The van der Waals surface area contributed by atoms with E-state index in [0.717, 1.165) is 17.5 Å². The minimum atomic E-state index is -0.516. The van der Waals surface area contributed by atoms with Crippen LogP contribution in [0.5, 0.6) is 0 Å². The second-order valence-corrected chi connectivity index (χ2v) is 16.5. The van der Waals surface area contributed by atoms with Crippen LogP contribution in [0.3, 0.4) is 0 Å². The van der Waals surface area contributed by atoms with Crippen molar-refractivity contribution in [3.05, 3.63) is 120 Å². The van der Waals surface area contributed by atoms with Gasteiger partial charge in [-0.1, -0.05) is 67.6 Å². The van der Waals surface area contributed by atoms with Gasteiger partial charge in [0.05, 0.1) is 75.1 Å². The molecule has 4 aliphatic heterocycles. The predicted molar refractivity (Wildman–Crippen MR) is 254 cm³/mol. The SMILES string of the molecule is CC[C@H]1CN(c2ccc(N3CCN(C(=O)CCOCc4ccccc4)CC3)c(F)c2)C(=O)O1.Cl.NC[C@H]1CN(c2ccc(N3CCN(C(=O)CCOCc4ccccc4)CC3)c(F)c2)C(=O)O1. The molecule has 0 radical (unpaired) electrons. The number of anilines is 4. The van der Waals surface area contributed by atoms with Crippen molar-refractivity contribution >= 4 is 59.2 Å². The van der Waals surface area contributed by atoms with Gasteiger partial charge in [-0.15, -0.1) is 12.4 Å². The van der Waals surface area contributed by atoms with Crippen LogP contribution in [-0.2, 0) is 41.8 Å². The topological polar surface area (TPSA) is 151 Å². The van der Waals surface area contributed by atoms with Crippen molar-refractivity contribution in [2.45, 2.75) is 51.6 Å². The van der Waals surface area contributed by atoms with Crippen molar-refractivity contribution in [2.24, 2.45) is 5.73 Å². The van der Waals surface area contributed by atoms with Crippen LogP contribution in [-0.4, -0.2) is 131 Å². The molecule has 2 atom stereocenters. The number of piperazine rings is 2. The van der Waals surface area contributed by atoms with Gasteiger partial charge in [-0.05, 0) is 53.9 Å². The largest absolute Gasteiger partial charge is 0.444 e. The Labute approximate surface area is 396 Å². The molecule has 0 aromatic heterocycles. The van der Waals surface area contributed by atoms with Crippen molar-refractivity contribution in [1.29, 1.82) is 0 Å². The summed E-state index contributed by atoms with van der Waals surface area (Å²) in [4.78, 5) is 59.3. The Morgan fingerprint density at radius 2 is 1.01 bits per heavy atom. The number of cyclic esters (lactones) is 2. The molecule has 67 heavy (non-hydrogen) atoms. The molecule has 18 heteroatoms. The van der Waals surface area contributed by atoms with Gasteiger partial charge < -0.3 is 44.3 Å². The van der Waals surface area contributed by atoms with Crippen LogP contribution in [0.15, 0.2) is 97.1 Å². The third-order valence-electron chi connectivity index (χ3n) is 12.0. The molecule has 0 spiro atoms. The summed E-state index contributed by atoms with van der Waals surface area (Å²) < 4.78 is 51.4. The lowest BCUT2D eigenvalue weighted by atomic mass is 10.2. The molecule has 4 aromatic carbocycles. The second-order valence-electron chi connectivity index (χ2n) is 16.5. The molecule has 4 aromatic rings. The highest BCUT2D eigenvalue weighted by Crippen LogP contribution is 2.30. The Kier molecular flexibility index (Phi) is 18.6. The summed E-state index contributed by atoms with van der Waals surface area (Å²) in [5.74, 6) is -0.697. The summed E-state index contributed by atoms with van der Waals surface area (Å²) in [5.41, 5.74) is 9.61. The summed E-state index contributed by atoms with van der Waals surface area (Å²) in [6.07, 6.45) is -0.104. The molecule has 0 saturated carbocycles. The van der Waals surface area contributed by atoms with E-state index in [-0.39, 0.29) is 48.8 Å². The predicted octanol–water partition coefficient (Wildman–Crippen LogP) is 6.60. The highest BCUT2D eigenvalue weighted by Gasteiger charge is 2.34. The molecular weight excluding hydrogens is 888 g/mol. The lowest BCUT2D eigenvalue weighted by Gasteiger charge is -2.36. The summed E-state index contributed by atoms with van der Waals surface area (Å²) in [6.45, 7) is 8.94. The van der Waals surface area contributed by atoms with Crippen LogP contribution in [0.25, 0.3) is 0 Å². The fourth-order valence-electron chi connectivity index (χ4n) is 8.20. The number of ether oxygens (including phenoxy) is 4. The van der Waals surface area contributed by atoms with Gasteiger partial charge in [0.1, 0.15) is 23.8 Å². The normalized spacial score (nSPS) is 18.3. The van der Waals surface area contributed by atoms with E-state index in [2.05, 4.69) is 0 Å². The van der Waals surface area contributed by atoms with Gasteiger partial charge in [-0.3, -0.25) is 19.4 Å². The van der Waals surface area contributed by atoms with Gasteiger partial charge >= 0.3 is 12.2 Å². The molecule has 8 rings (SSSR count). The minimum Gasteiger partial charge on any atom is -0.444 e. The molecule has 2 N–H and O–H groups in total. The number of hydrogen-bond donors (Lipinski definition) is 1. The number of hydrogen-bond acceptors (Lipinski definition) is 11. The van der Waals surface area contributed by atoms with Crippen molar-refractivity contribution in [3.8, 4) is 0 Å². The number of rotatable bonds is 16. The second kappa shape index (κ2) is 24.7. The molecule has 0 bridgehead atoms. The van der Waals surface area contributed by atoms with Gasteiger partial charge in [0.15, 0.2) is 0 Å². The number of nitrogens with zero attached hydrogens (tertiary/aromatic N) is 6. The zero-order valence-electron chi connectivity index (χ0n) is 37.8. The van der Waals surface area contributed by atoms with Gasteiger partial charge in [0.25, 0.3) is 0 Å². The number of benzene rings is 4. The molecule has 0 aliphatic carbocycles. The van der Waals surface area contributed by atoms with E-state index in [1.807, 2.05) is 77.4 Å². The molecule has 15 nitrogen and oxygen atoms in total. The first-order valence-corrected chi connectivity index (χ1v) is 22.6. The third-order valence-corrected chi connectivity index (χ3v) is 12.0. The Balaban J connectivity index is 0.000000218. The van der Waals surface area contributed by atoms with Crippen LogP contribution in [0.2, 0.25) is 0 Å². The average Bonchev–Trinajstić information content (AvgIpc) is 3.93. The Morgan fingerprint density at radius 1 is 0.612 bits per heavy atom. The molecule has 4 saturated heterocycles. The Hall–Kier alpha value is -6.01. The van der Waals surface area contributed by atoms with Crippen LogP contribution in [0.4, 0.5) is 41.1 Å². The van der Waals surface area contributed by atoms with E-state index in [9.17, 15) is 28.0 Å². The Bertz CT molecular complexity index is 2090. The molecule has 4 amide bonds. The average molecular weight is 949 g/mol. The molecule has 4 fully saturated rings. The molecular formula is C49H60ClF2N7O8. The van der Waals surface area contributed by atoms with E-state index in [0.29, 0.717) is 127 Å². The molecule has 4 heterocycles. The molecule has 4 aliphatic rings. The Morgan fingerprint density at radius 3 is 1.37 bits per heavy atom. The fourth-order valence-corrected chi connectivity index (χ4v) is 8.20. The quantitative estimate of drug-likeness (QED) is 0.121. The molecule has 360 valence electrons. The number of halogens is 3. The first-order chi connectivity index (χ1) is 32.1. The maximum Gasteiger partial charge on any atom is 0.414 e. The van der Waals surface area contributed by atoms with Crippen molar-refractivity contribution in [3.63, 3.8) is 0 Å².